The van der Waals surface area contributed by atoms with Gasteiger partial charge in [0.05, 0.1) is 12.1 Å². The normalized spacial score (nSPS) is 23.0. The van der Waals surface area contributed by atoms with Gasteiger partial charge in [0.1, 0.15) is 5.82 Å². The van der Waals surface area contributed by atoms with Crippen molar-refractivity contribution in [1.29, 1.82) is 0 Å². The number of carbonyl (C=O) groups excluding carboxylic acids is 1. The van der Waals surface area contributed by atoms with E-state index in [1.54, 1.807) is 25.3 Å². The zero-order valence-electron chi connectivity index (χ0n) is 10.3. The minimum Gasteiger partial charge on any atom is -0.380 e. The lowest BCUT2D eigenvalue weighted by Gasteiger charge is -2.11. The van der Waals surface area contributed by atoms with E-state index in [1.807, 2.05) is 0 Å². The molecule has 1 aromatic carbocycles. The predicted octanol–water partition coefficient (Wildman–Crippen LogP) is 0.819. The Morgan fingerprint density at radius 2 is 2.33 bits per heavy atom. The average molecular weight is 252 g/mol. The smallest absolute Gasteiger partial charge is 0.237 e. The number of carbonyl (C=O) groups is 1. The molecule has 1 aromatic rings. The molecule has 1 fully saturated rings. The second-order valence-corrected chi connectivity index (χ2v) is 4.36. The SMILES string of the molecule is COC1CNC(C(=O)NCc2ccccc2F)C1. The summed E-state index contributed by atoms with van der Waals surface area (Å²) in [6.45, 7) is 0.885. The van der Waals surface area contributed by atoms with E-state index in [9.17, 15) is 9.18 Å². The van der Waals surface area contributed by atoms with Crippen LogP contribution in [0.5, 0.6) is 0 Å². The highest BCUT2D eigenvalue weighted by atomic mass is 19.1. The van der Waals surface area contributed by atoms with Crippen LogP contribution in [-0.2, 0) is 16.1 Å². The largest absolute Gasteiger partial charge is 0.380 e. The third kappa shape index (κ3) is 3.05. The van der Waals surface area contributed by atoms with Gasteiger partial charge in [-0.2, -0.15) is 0 Å². The van der Waals surface area contributed by atoms with E-state index >= 15 is 0 Å². The van der Waals surface area contributed by atoms with Gasteiger partial charge in [-0.25, -0.2) is 4.39 Å². The van der Waals surface area contributed by atoms with Crippen molar-refractivity contribution in [2.45, 2.75) is 25.1 Å². The number of amides is 1. The van der Waals surface area contributed by atoms with Crippen molar-refractivity contribution in [2.75, 3.05) is 13.7 Å². The Labute approximate surface area is 106 Å². The number of methoxy groups -OCH3 is 1. The zero-order chi connectivity index (χ0) is 13.0. The molecule has 18 heavy (non-hydrogen) atoms. The topological polar surface area (TPSA) is 50.4 Å². The maximum atomic E-state index is 13.3. The van der Waals surface area contributed by atoms with Gasteiger partial charge >= 0.3 is 0 Å². The molecule has 2 rings (SSSR count). The molecule has 0 aliphatic carbocycles. The Hall–Kier alpha value is -1.46. The van der Waals surface area contributed by atoms with Crippen LogP contribution in [0.1, 0.15) is 12.0 Å². The van der Waals surface area contributed by atoms with Crippen LogP contribution in [0.15, 0.2) is 24.3 Å². The number of hydrogen-bond donors (Lipinski definition) is 2. The second-order valence-electron chi connectivity index (χ2n) is 4.36. The molecule has 0 saturated carbocycles. The van der Waals surface area contributed by atoms with Gasteiger partial charge in [-0.05, 0) is 12.5 Å². The van der Waals surface area contributed by atoms with Gasteiger partial charge in [0.2, 0.25) is 5.91 Å². The Bertz CT molecular complexity index is 425. The molecule has 2 unspecified atom stereocenters. The Morgan fingerprint density at radius 1 is 1.56 bits per heavy atom. The van der Waals surface area contributed by atoms with Crippen molar-refractivity contribution >= 4 is 5.91 Å². The molecule has 0 spiro atoms. The van der Waals surface area contributed by atoms with Crippen molar-refractivity contribution < 1.29 is 13.9 Å². The van der Waals surface area contributed by atoms with Crippen LogP contribution in [-0.4, -0.2) is 31.7 Å². The van der Waals surface area contributed by atoms with Crippen LogP contribution >= 0.6 is 0 Å². The van der Waals surface area contributed by atoms with Gasteiger partial charge in [-0.3, -0.25) is 4.79 Å². The van der Waals surface area contributed by atoms with Crippen molar-refractivity contribution in [2.24, 2.45) is 0 Å². The number of benzene rings is 1. The van der Waals surface area contributed by atoms with E-state index in [0.717, 1.165) is 0 Å². The van der Waals surface area contributed by atoms with Crippen LogP contribution < -0.4 is 10.6 Å². The van der Waals surface area contributed by atoms with Gasteiger partial charge in [-0.15, -0.1) is 0 Å². The zero-order valence-corrected chi connectivity index (χ0v) is 10.3. The van der Waals surface area contributed by atoms with Gasteiger partial charge < -0.3 is 15.4 Å². The number of rotatable bonds is 4. The molecule has 5 heteroatoms. The summed E-state index contributed by atoms with van der Waals surface area (Å²) in [7, 11) is 1.63. The fourth-order valence-electron chi connectivity index (χ4n) is 2.03. The highest BCUT2D eigenvalue weighted by Gasteiger charge is 2.28. The number of hydrogen-bond acceptors (Lipinski definition) is 3. The highest BCUT2D eigenvalue weighted by molar-refractivity contribution is 5.82. The molecule has 1 aliphatic rings. The third-order valence-electron chi connectivity index (χ3n) is 3.15. The van der Waals surface area contributed by atoms with E-state index in [-0.39, 0.29) is 30.4 Å². The first-order chi connectivity index (χ1) is 8.70. The number of ether oxygens (including phenoxy) is 1. The summed E-state index contributed by atoms with van der Waals surface area (Å²) in [5.41, 5.74) is 0.493. The lowest BCUT2D eigenvalue weighted by Crippen LogP contribution is -2.40. The first-order valence-corrected chi connectivity index (χ1v) is 5.98. The predicted molar refractivity (Wildman–Crippen MR) is 65.5 cm³/mol. The van der Waals surface area contributed by atoms with E-state index in [0.29, 0.717) is 18.5 Å². The Morgan fingerprint density at radius 3 is 3.00 bits per heavy atom. The summed E-state index contributed by atoms with van der Waals surface area (Å²) in [6.07, 6.45) is 0.730. The molecule has 0 bridgehead atoms. The summed E-state index contributed by atoms with van der Waals surface area (Å²) in [6, 6.07) is 6.18. The highest BCUT2D eigenvalue weighted by Crippen LogP contribution is 2.10. The van der Waals surface area contributed by atoms with Crippen molar-refractivity contribution in [3.8, 4) is 0 Å². The molecule has 4 nitrogen and oxygen atoms in total. The van der Waals surface area contributed by atoms with E-state index < -0.39 is 0 Å². The molecule has 1 aliphatic heterocycles. The lowest BCUT2D eigenvalue weighted by atomic mass is 10.1. The van der Waals surface area contributed by atoms with Crippen LogP contribution in [0.2, 0.25) is 0 Å². The monoisotopic (exact) mass is 252 g/mol. The Kier molecular flexibility index (Phi) is 4.28. The Balaban J connectivity index is 1.84. The van der Waals surface area contributed by atoms with Crippen LogP contribution in [0, 0.1) is 5.82 Å². The number of nitrogens with one attached hydrogen (secondary N) is 2. The van der Waals surface area contributed by atoms with Gasteiger partial charge in [-0.1, -0.05) is 18.2 Å². The minimum absolute atomic E-state index is 0.0780. The summed E-state index contributed by atoms with van der Waals surface area (Å²) in [5.74, 6) is -0.412. The fraction of sp³-hybridized carbons (Fsp3) is 0.462. The molecular formula is C13H17FN2O2. The first-order valence-electron chi connectivity index (χ1n) is 5.98. The molecule has 1 amide bonds. The quantitative estimate of drug-likeness (QED) is 0.834. The summed E-state index contributed by atoms with van der Waals surface area (Å²) < 4.78 is 18.5. The average Bonchev–Trinajstić information content (AvgIpc) is 2.86. The van der Waals surface area contributed by atoms with Crippen molar-refractivity contribution in [3.05, 3.63) is 35.6 Å². The van der Waals surface area contributed by atoms with Crippen LogP contribution in [0.25, 0.3) is 0 Å². The molecule has 98 valence electrons. The van der Waals surface area contributed by atoms with Gasteiger partial charge in [0.25, 0.3) is 0 Å². The molecular weight excluding hydrogens is 235 g/mol. The van der Waals surface area contributed by atoms with Gasteiger partial charge in [0, 0.05) is 25.8 Å². The second kappa shape index (κ2) is 5.93. The number of halogens is 1. The minimum atomic E-state index is -0.299. The molecule has 0 radical (unpaired) electrons. The van der Waals surface area contributed by atoms with E-state index in [2.05, 4.69) is 10.6 Å². The van der Waals surface area contributed by atoms with Crippen molar-refractivity contribution in [3.63, 3.8) is 0 Å². The maximum Gasteiger partial charge on any atom is 0.237 e. The van der Waals surface area contributed by atoms with E-state index in [1.165, 1.54) is 6.07 Å². The van der Waals surface area contributed by atoms with Gasteiger partial charge in [0.15, 0.2) is 0 Å². The van der Waals surface area contributed by atoms with Crippen molar-refractivity contribution in [1.82, 2.24) is 10.6 Å². The summed E-state index contributed by atoms with van der Waals surface area (Å²) >= 11 is 0. The van der Waals surface area contributed by atoms with E-state index in [4.69, 9.17) is 4.74 Å². The molecule has 0 aromatic heterocycles. The van der Waals surface area contributed by atoms with Crippen LogP contribution in [0.4, 0.5) is 4.39 Å². The first kappa shape index (κ1) is 13.0. The molecule has 1 heterocycles. The molecule has 1 saturated heterocycles. The lowest BCUT2D eigenvalue weighted by molar-refractivity contribution is -0.123. The summed E-state index contributed by atoms with van der Waals surface area (Å²) in [5, 5.41) is 5.81. The third-order valence-corrected chi connectivity index (χ3v) is 3.15. The molecule has 2 atom stereocenters. The maximum absolute atomic E-state index is 13.3. The molecule has 2 N–H and O–H groups in total. The standard InChI is InChI=1S/C13H17FN2O2/c1-18-10-6-12(15-8-10)13(17)16-7-9-4-2-3-5-11(9)14/h2-5,10,12,15H,6-8H2,1H3,(H,16,17). The summed E-state index contributed by atoms with van der Waals surface area (Å²) in [4.78, 5) is 11.8. The fourth-order valence-corrected chi connectivity index (χ4v) is 2.03. The van der Waals surface area contributed by atoms with Crippen LogP contribution in [0.3, 0.4) is 0 Å².